The monoisotopic (exact) mass is 367 g/mol. The third-order valence-corrected chi connectivity index (χ3v) is 8.04. The Morgan fingerprint density at radius 1 is 0.667 bits per heavy atom. The number of hydrogen-bond donors (Lipinski definition) is 1. The van der Waals surface area contributed by atoms with Gasteiger partial charge in [0.15, 0.2) is 0 Å². The minimum atomic E-state index is 0.698. The van der Waals surface area contributed by atoms with Crippen molar-refractivity contribution in [1.82, 2.24) is 5.32 Å². The maximum Gasteiger partial charge on any atom is 0.0133 e. The van der Waals surface area contributed by atoms with Gasteiger partial charge in [-0.3, -0.25) is 0 Å². The van der Waals surface area contributed by atoms with Crippen LogP contribution in [0, 0.1) is 35.5 Å². The fourth-order valence-electron chi connectivity index (χ4n) is 6.46. The second-order valence-corrected chi connectivity index (χ2v) is 10.1. The predicted molar refractivity (Wildman–Crippen MR) is 117 cm³/mol. The van der Waals surface area contributed by atoms with Crippen LogP contribution in [0.3, 0.4) is 0 Å². The van der Waals surface area contributed by atoms with Gasteiger partial charge in [0.25, 0.3) is 0 Å². The Bertz CT molecular complexity index is 557. The topological polar surface area (TPSA) is 12.0 Å². The molecule has 3 aliphatic carbocycles. The van der Waals surface area contributed by atoms with Crippen LogP contribution in [-0.4, -0.2) is 12.1 Å². The highest BCUT2D eigenvalue weighted by Crippen LogP contribution is 2.40. The molecule has 1 nitrogen and oxygen atoms in total. The van der Waals surface area contributed by atoms with Crippen LogP contribution >= 0.6 is 0 Å². The SMILES string of the molecule is CC(C)C1NC(C2C=CC(C3C=CCCC3)CC2)CCC1C1C=CCCC1. The Hall–Kier alpha value is -0.820. The van der Waals surface area contributed by atoms with E-state index in [-0.39, 0.29) is 0 Å². The van der Waals surface area contributed by atoms with E-state index in [4.69, 9.17) is 0 Å². The summed E-state index contributed by atoms with van der Waals surface area (Å²) in [6.07, 6.45) is 28.9. The summed E-state index contributed by atoms with van der Waals surface area (Å²) in [6.45, 7) is 4.86. The molecule has 0 aromatic rings. The Labute approximate surface area is 167 Å². The molecule has 7 atom stereocenters. The lowest BCUT2D eigenvalue weighted by atomic mass is 9.69. The van der Waals surface area contributed by atoms with E-state index in [9.17, 15) is 0 Å². The molecule has 0 spiro atoms. The van der Waals surface area contributed by atoms with Crippen molar-refractivity contribution in [3.8, 4) is 0 Å². The van der Waals surface area contributed by atoms with E-state index in [2.05, 4.69) is 55.6 Å². The third-order valence-electron chi connectivity index (χ3n) is 8.04. The largest absolute Gasteiger partial charge is 0.310 e. The molecule has 27 heavy (non-hydrogen) atoms. The van der Waals surface area contributed by atoms with Crippen molar-refractivity contribution in [1.29, 1.82) is 0 Å². The molecule has 0 saturated carbocycles. The summed E-state index contributed by atoms with van der Waals surface area (Å²) in [5.41, 5.74) is 0. The van der Waals surface area contributed by atoms with Crippen LogP contribution in [0.1, 0.15) is 78.1 Å². The van der Waals surface area contributed by atoms with Gasteiger partial charge in [0.2, 0.25) is 0 Å². The average molecular weight is 368 g/mol. The highest BCUT2D eigenvalue weighted by Gasteiger charge is 2.38. The van der Waals surface area contributed by atoms with Crippen LogP contribution < -0.4 is 5.32 Å². The molecule has 150 valence electrons. The number of nitrogens with one attached hydrogen (secondary N) is 1. The molecule has 1 N–H and O–H groups in total. The van der Waals surface area contributed by atoms with E-state index in [1.54, 1.807) is 0 Å². The average Bonchev–Trinajstić information content (AvgIpc) is 2.75. The van der Waals surface area contributed by atoms with Crippen LogP contribution in [0.2, 0.25) is 0 Å². The molecule has 0 amide bonds. The third kappa shape index (κ3) is 4.61. The van der Waals surface area contributed by atoms with Crippen molar-refractivity contribution in [2.75, 3.05) is 0 Å². The minimum absolute atomic E-state index is 0.698. The highest BCUT2D eigenvalue weighted by atomic mass is 15.0. The van der Waals surface area contributed by atoms with Crippen molar-refractivity contribution in [2.24, 2.45) is 35.5 Å². The van der Waals surface area contributed by atoms with E-state index in [1.165, 1.54) is 64.2 Å². The van der Waals surface area contributed by atoms with E-state index < -0.39 is 0 Å². The van der Waals surface area contributed by atoms with Crippen LogP contribution in [0.4, 0.5) is 0 Å². The van der Waals surface area contributed by atoms with Gasteiger partial charge in [-0.05, 0) is 99.7 Å². The quantitative estimate of drug-likeness (QED) is 0.547. The van der Waals surface area contributed by atoms with Crippen molar-refractivity contribution >= 4 is 0 Å². The smallest absolute Gasteiger partial charge is 0.0133 e. The van der Waals surface area contributed by atoms with Crippen LogP contribution in [0.5, 0.6) is 0 Å². The van der Waals surface area contributed by atoms with E-state index >= 15 is 0 Å². The van der Waals surface area contributed by atoms with E-state index in [1.807, 2.05) is 0 Å². The number of allylic oxidation sites excluding steroid dienone is 5. The lowest BCUT2D eigenvalue weighted by Crippen LogP contribution is -2.54. The van der Waals surface area contributed by atoms with Crippen molar-refractivity contribution in [3.63, 3.8) is 0 Å². The molecular formula is C26H41N. The van der Waals surface area contributed by atoms with Gasteiger partial charge in [0.05, 0.1) is 0 Å². The summed E-state index contributed by atoms with van der Waals surface area (Å²) in [6, 6.07) is 1.41. The molecule has 4 rings (SSSR count). The second kappa shape index (κ2) is 9.12. The molecule has 0 aromatic heterocycles. The lowest BCUT2D eigenvalue weighted by molar-refractivity contribution is 0.123. The molecule has 1 heteroatoms. The first-order valence-corrected chi connectivity index (χ1v) is 12.0. The molecule has 1 saturated heterocycles. The van der Waals surface area contributed by atoms with E-state index in [0.717, 1.165) is 35.5 Å². The first-order valence-electron chi connectivity index (χ1n) is 12.0. The molecule has 1 aliphatic heterocycles. The van der Waals surface area contributed by atoms with Crippen molar-refractivity contribution in [2.45, 2.75) is 90.1 Å². The standard InChI is InChI=1S/C26H41N/c1-19(2)26-24(22-11-7-4-8-12-22)17-18-25(27-26)23-15-13-21(14-16-23)20-9-5-3-6-10-20/h5,7,9,11,13,15,19-27H,3-4,6,8,10,12,14,16-18H2,1-2H3. The second-order valence-electron chi connectivity index (χ2n) is 10.1. The molecule has 0 bridgehead atoms. The molecule has 0 aromatic carbocycles. The van der Waals surface area contributed by atoms with Gasteiger partial charge < -0.3 is 5.32 Å². The Balaban J connectivity index is 1.37. The fraction of sp³-hybridized carbons (Fsp3) is 0.769. The van der Waals surface area contributed by atoms with Crippen molar-refractivity contribution < 1.29 is 0 Å². The lowest BCUT2D eigenvalue weighted by Gasteiger charge is -2.46. The normalized spacial score (nSPS) is 42.6. The molecular weight excluding hydrogens is 326 g/mol. The number of piperidine rings is 1. The van der Waals surface area contributed by atoms with Gasteiger partial charge in [0, 0.05) is 12.1 Å². The van der Waals surface area contributed by atoms with Gasteiger partial charge in [-0.25, -0.2) is 0 Å². The molecule has 0 radical (unpaired) electrons. The molecule has 1 fully saturated rings. The maximum absolute atomic E-state index is 4.17. The van der Waals surface area contributed by atoms with Crippen molar-refractivity contribution in [3.05, 3.63) is 36.5 Å². The number of hydrogen-bond acceptors (Lipinski definition) is 1. The summed E-state index contributed by atoms with van der Waals surface area (Å²) in [4.78, 5) is 0. The van der Waals surface area contributed by atoms with Gasteiger partial charge in [-0.15, -0.1) is 0 Å². The Kier molecular flexibility index (Phi) is 6.58. The van der Waals surface area contributed by atoms with Gasteiger partial charge >= 0.3 is 0 Å². The number of rotatable bonds is 4. The molecule has 1 heterocycles. The summed E-state index contributed by atoms with van der Waals surface area (Å²) in [5, 5.41) is 4.17. The first kappa shape index (κ1) is 19.5. The summed E-state index contributed by atoms with van der Waals surface area (Å²) < 4.78 is 0. The minimum Gasteiger partial charge on any atom is -0.310 e. The Morgan fingerprint density at radius 3 is 1.89 bits per heavy atom. The molecule has 4 aliphatic rings. The van der Waals surface area contributed by atoms with Gasteiger partial charge in [0.1, 0.15) is 0 Å². The van der Waals surface area contributed by atoms with Gasteiger partial charge in [-0.1, -0.05) is 50.3 Å². The molecule has 7 unspecified atom stereocenters. The zero-order chi connectivity index (χ0) is 18.6. The Morgan fingerprint density at radius 2 is 1.30 bits per heavy atom. The fourth-order valence-corrected chi connectivity index (χ4v) is 6.46. The van der Waals surface area contributed by atoms with Crippen LogP contribution in [0.25, 0.3) is 0 Å². The first-order chi connectivity index (χ1) is 13.2. The van der Waals surface area contributed by atoms with Gasteiger partial charge in [-0.2, -0.15) is 0 Å². The predicted octanol–water partition coefficient (Wildman–Crippen LogP) is 6.67. The van der Waals surface area contributed by atoms with Crippen LogP contribution in [0.15, 0.2) is 36.5 Å². The van der Waals surface area contributed by atoms with Crippen LogP contribution in [-0.2, 0) is 0 Å². The van der Waals surface area contributed by atoms with E-state index in [0.29, 0.717) is 12.1 Å². The summed E-state index contributed by atoms with van der Waals surface area (Å²) in [7, 11) is 0. The zero-order valence-corrected chi connectivity index (χ0v) is 17.7. The maximum atomic E-state index is 4.17. The summed E-state index contributed by atoms with van der Waals surface area (Å²) >= 11 is 0. The highest BCUT2D eigenvalue weighted by molar-refractivity contribution is 5.10. The zero-order valence-electron chi connectivity index (χ0n) is 17.7. The summed E-state index contributed by atoms with van der Waals surface area (Å²) in [5.74, 6) is 4.80.